The maximum atomic E-state index is 13.8. The van der Waals surface area contributed by atoms with Crippen LogP contribution in [0, 0.1) is 12.3 Å². The van der Waals surface area contributed by atoms with E-state index in [0.717, 1.165) is 42.8 Å². The first kappa shape index (κ1) is 28.8. The van der Waals surface area contributed by atoms with E-state index in [1.54, 1.807) is 23.0 Å². The minimum Gasteiger partial charge on any atom is -0.351 e. The van der Waals surface area contributed by atoms with Crippen LogP contribution in [-0.4, -0.2) is 58.9 Å². The lowest BCUT2D eigenvalue weighted by Crippen LogP contribution is -2.66. The Labute approximate surface area is 257 Å². The fraction of sp³-hybridized carbons (Fsp3) is 0.394. The van der Waals surface area contributed by atoms with Gasteiger partial charge in [-0.15, -0.1) is 0 Å². The number of hydrogen-bond donors (Lipinski definition) is 2. The van der Waals surface area contributed by atoms with E-state index in [1.165, 1.54) is 11.1 Å². The molecule has 2 saturated carbocycles. The second-order valence-electron chi connectivity index (χ2n) is 12.7. The topological polar surface area (TPSA) is 136 Å². The summed E-state index contributed by atoms with van der Waals surface area (Å²) in [6.07, 6.45) is 9.11. The first-order valence-electron chi connectivity index (χ1n) is 15.2. The number of rotatable bonds is 10. The Bertz CT molecular complexity index is 1810. The van der Waals surface area contributed by atoms with Gasteiger partial charge < -0.3 is 10.2 Å². The third-order valence-electron chi connectivity index (χ3n) is 9.36. The molecule has 0 radical (unpaired) electrons. The van der Waals surface area contributed by atoms with Gasteiger partial charge in [-0.2, -0.15) is 0 Å². The van der Waals surface area contributed by atoms with E-state index in [1.807, 2.05) is 35.4 Å². The van der Waals surface area contributed by atoms with Gasteiger partial charge in [0.1, 0.15) is 0 Å². The van der Waals surface area contributed by atoms with E-state index in [-0.39, 0.29) is 11.0 Å². The zero-order valence-corrected chi connectivity index (χ0v) is 25.6. The number of nitrogens with zero attached hydrogens (tertiary/aromatic N) is 5. The predicted octanol–water partition coefficient (Wildman–Crippen LogP) is 3.33. The molecule has 3 N–H and O–H groups in total. The lowest BCUT2D eigenvalue weighted by Gasteiger charge is -2.58. The molecule has 2 atom stereocenters. The normalized spacial score (nSPS) is 20.7. The van der Waals surface area contributed by atoms with Crippen molar-refractivity contribution in [1.29, 1.82) is 0 Å². The highest BCUT2D eigenvalue weighted by atomic mass is 32.2. The molecular formula is C33H37N7O3S. The smallest absolute Gasteiger partial charge is 0.298 e. The number of nitrogens with one attached hydrogen (secondary N) is 1. The van der Waals surface area contributed by atoms with Crippen molar-refractivity contribution in [2.24, 2.45) is 10.6 Å². The van der Waals surface area contributed by atoms with Crippen molar-refractivity contribution in [3.05, 3.63) is 100 Å². The number of hydrogen-bond acceptors (Lipinski definition) is 8. The van der Waals surface area contributed by atoms with Crippen molar-refractivity contribution in [1.82, 2.24) is 24.8 Å². The second-order valence-corrected chi connectivity index (χ2v) is 14.6. The molecule has 3 heterocycles. The largest absolute Gasteiger partial charge is 0.351 e. The van der Waals surface area contributed by atoms with Gasteiger partial charge in [-0.3, -0.25) is 9.36 Å². The van der Waals surface area contributed by atoms with Crippen LogP contribution in [0.1, 0.15) is 48.4 Å². The van der Waals surface area contributed by atoms with E-state index >= 15 is 0 Å². The summed E-state index contributed by atoms with van der Waals surface area (Å²) in [4.78, 5) is 29.3. The van der Waals surface area contributed by atoms with Crippen LogP contribution in [0.5, 0.6) is 0 Å². The number of sulfonamides is 1. The van der Waals surface area contributed by atoms with Crippen LogP contribution in [0.4, 0.5) is 5.82 Å². The molecule has 0 unspecified atom stereocenters. The van der Waals surface area contributed by atoms with Crippen LogP contribution in [-0.2, 0) is 16.4 Å². The van der Waals surface area contributed by atoms with E-state index in [9.17, 15) is 13.2 Å². The molecule has 11 heteroatoms. The molecule has 0 bridgehead atoms. The van der Waals surface area contributed by atoms with Gasteiger partial charge in [-0.05, 0) is 81.5 Å². The minimum absolute atomic E-state index is 0.106. The van der Waals surface area contributed by atoms with Crippen LogP contribution >= 0.6 is 0 Å². The van der Waals surface area contributed by atoms with Crippen LogP contribution in [0.3, 0.4) is 0 Å². The maximum absolute atomic E-state index is 13.8. The molecule has 2 aromatic carbocycles. The number of nitrogens with two attached hydrogens (primary N) is 1. The molecule has 2 aromatic heterocycles. The summed E-state index contributed by atoms with van der Waals surface area (Å²) in [6, 6.07) is 18.7. The minimum atomic E-state index is -3.53. The van der Waals surface area contributed by atoms with Gasteiger partial charge in [0.05, 0.1) is 10.9 Å². The summed E-state index contributed by atoms with van der Waals surface area (Å²) in [5, 5.41) is 8.57. The highest BCUT2D eigenvalue weighted by Gasteiger charge is 2.56. The van der Waals surface area contributed by atoms with Crippen LogP contribution in [0.2, 0.25) is 0 Å². The number of benzene rings is 2. The summed E-state index contributed by atoms with van der Waals surface area (Å²) in [6.45, 7) is 4.20. The van der Waals surface area contributed by atoms with Gasteiger partial charge in [0.25, 0.3) is 5.56 Å². The zero-order chi connectivity index (χ0) is 30.5. The first-order chi connectivity index (χ1) is 21.2. The SMILES string of the molecule is Cc1ccc([C@@H]2C[C@H]2NCCCc2cn(-c3ccc(-c4ncccn4)cc3)c(=O)c(N3CC4(CC(S(N)(=O)=O)C4)C3)n2)cc1. The second kappa shape index (κ2) is 11.2. The number of anilines is 1. The third-order valence-corrected chi connectivity index (χ3v) is 10.6. The Hall–Kier alpha value is -3.93. The van der Waals surface area contributed by atoms with Gasteiger partial charge in [0.15, 0.2) is 11.6 Å². The van der Waals surface area contributed by atoms with Crippen molar-refractivity contribution in [3.8, 4) is 17.1 Å². The molecule has 1 aliphatic heterocycles. The molecular weight excluding hydrogens is 574 g/mol. The molecule has 3 fully saturated rings. The fourth-order valence-corrected chi connectivity index (χ4v) is 7.91. The average molecular weight is 612 g/mol. The van der Waals surface area contributed by atoms with E-state index < -0.39 is 15.3 Å². The monoisotopic (exact) mass is 611 g/mol. The molecule has 2 aliphatic carbocycles. The molecule has 7 rings (SSSR count). The van der Waals surface area contributed by atoms with Crippen LogP contribution < -0.4 is 20.9 Å². The molecule has 228 valence electrons. The molecule has 44 heavy (non-hydrogen) atoms. The molecule has 3 aliphatic rings. The third kappa shape index (κ3) is 5.79. The average Bonchev–Trinajstić information content (AvgIpc) is 3.75. The highest BCUT2D eigenvalue weighted by Crippen LogP contribution is 2.51. The predicted molar refractivity (Wildman–Crippen MR) is 170 cm³/mol. The van der Waals surface area contributed by atoms with Gasteiger partial charge in [-0.25, -0.2) is 28.5 Å². The van der Waals surface area contributed by atoms with Crippen LogP contribution in [0.15, 0.2) is 78.0 Å². The summed E-state index contributed by atoms with van der Waals surface area (Å²) in [5.41, 5.74) is 4.83. The zero-order valence-electron chi connectivity index (χ0n) is 24.8. The maximum Gasteiger partial charge on any atom is 0.298 e. The van der Waals surface area contributed by atoms with E-state index in [2.05, 4.69) is 46.5 Å². The molecule has 1 spiro atoms. The van der Waals surface area contributed by atoms with Gasteiger partial charge in [0, 0.05) is 60.3 Å². The van der Waals surface area contributed by atoms with Crippen molar-refractivity contribution >= 4 is 15.8 Å². The Balaban J connectivity index is 1.06. The molecule has 0 amide bonds. The summed E-state index contributed by atoms with van der Waals surface area (Å²) < 4.78 is 25.2. The molecule has 1 saturated heterocycles. The molecule has 4 aromatic rings. The van der Waals surface area contributed by atoms with Crippen molar-refractivity contribution in [2.75, 3.05) is 24.5 Å². The Morgan fingerprint density at radius 1 is 1.02 bits per heavy atom. The number of aromatic nitrogens is 4. The summed E-state index contributed by atoms with van der Waals surface area (Å²) in [5.74, 6) is 1.61. The van der Waals surface area contributed by atoms with Crippen molar-refractivity contribution in [2.45, 2.75) is 56.2 Å². The van der Waals surface area contributed by atoms with Gasteiger partial charge in [-0.1, -0.05) is 29.8 Å². The van der Waals surface area contributed by atoms with E-state index in [0.29, 0.717) is 49.5 Å². The quantitative estimate of drug-likeness (QED) is 0.261. The lowest BCUT2D eigenvalue weighted by molar-refractivity contribution is 0.0931. The van der Waals surface area contributed by atoms with Gasteiger partial charge in [0.2, 0.25) is 10.0 Å². The summed E-state index contributed by atoms with van der Waals surface area (Å²) >= 11 is 0. The summed E-state index contributed by atoms with van der Waals surface area (Å²) in [7, 11) is -3.53. The van der Waals surface area contributed by atoms with Crippen LogP contribution in [0.25, 0.3) is 17.1 Å². The Kier molecular flexibility index (Phi) is 7.34. The van der Waals surface area contributed by atoms with E-state index in [4.69, 9.17) is 10.1 Å². The standard InChI is InChI=1S/C33H37N7O3S/c1-22-5-7-23(8-6-22)28-16-29(28)35-13-2-4-25-19-40(26-11-9-24(10-12-26)30-36-14-3-15-37-30)32(41)31(38-25)39-20-33(21-39)17-27(18-33)44(34,42)43/h3,5-12,14-15,19,27-29,35H,2,4,13,16-18,20-21H2,1H3,(H2,34,42,43)/t28-,29+/m0/s1. The van der Waals surface area contributed by atoms with Crippen molar-refractivity contribution < 1.29 is 8.42 Å². The Morgan fingerprint density at radius 3 is 2.41 bits per heavy atom. The number of primary sulfonamides is 1. The fourth-order valence-electron chi connectivity index (χ4n) is 6.74. The van der Waals surface area contributed by atoms with Crippen molar-refractivity contribution in [3.63, 3.8) is 0 Å². The number of aryl methyl sites for hydroxylation is 2. The highest BCUT2D eigenvalue weighted by molar-refractivity contribution is 7.89. The molecule has 10 nitrogen and oxygen atoms in total. The van der Waals surface area contributed by atoms with Gasteiger partial charge >= 0.3 is 0 Å². The first-order valence-corrected chi connectivity index (χ1v) is 16.9. The lowest BCUT2D eigenvalue weighted by atomic mass is 9.63. The Morgan fingerprint density at radius 2 is 1.73 bits per heavy atom.